The highest BCUT2D eigenvalue weighted by molar-refractivity contribution is 7.92. The van der Waals surface area contributed by atoms with Gasteiger partial charge in [-0.15, -0.1) is 0 Å². The summed E-state index contributed by atoms with van der Waals surface area (Å²) in [6, 6.07) is 23.0. The summed E-state index contributed by atoms with van der Waals surface area (Å²) in [7, 11) is -3.52. The van der Waals surface area contributed by atoms with Crippen LogP contribution in [0.3, 0.4) is 0 Å². The van der Waals surface area contributed by atoms with E-state index in [4.69, 9.17) is 4.74 Å². The third-order valence-corrected chi connectivity index (χ3v) is 6.83. The average molecular weight is 437 g/mol. The number of sulfonamides is 1. The summed E-state index contributed by atoms with van der Waals surface area (Å²) in [5.74, 6) is 0.490. The minimum absolute atomic E-state index is 0.0704. The predicted octanol–water partition coefficient (Wildman–Crippen LogP) is 3.36. The van der Waals surface area contributed by atoms with Gasteiger partial charge in [-0.1, -0.05) is 60.7 Å². The predicted molar refractivity (Wildman–Crippen MR) is 122 cm³/mol. The van der Waals surface area contributed by atoms with Gasteiger partial charge in [0.2, 0.25) is 10.0 Å². The Bertz CT molecular complexity index is 1180. The Kier molecular flexibility index (Phi) is 6.34. The SMILES string of the molecule is O=C(COc1ccc2ccccc2c1)N1CCN(S(=O)(=O)C=Cc2ccccc2)CC1. The Labute approximate surface area is 182 Å². The highest BCUT2D eigenvalue weighted by atomic mass is 32.2. The molecule has 0 unspecified atom stereocenters. The maximum absolute atomic E-state index is 12.6. The lowest BCUT2D eigenvalue weighted by Gasteiger charge is -2.33. The number of piperazine rings is 1. The van der Waals surface area contributed by atoms with Crippen LogP contribution in [0.4, 0.5) is 0 Å². The Balaban J connectivity index is 1.29. The van der Waals surface area contributed by atoms with Crippen LogP contribution in [0.5, 0.6) is 5.75 Å². The fourth-order valence-electron chi connectivity index (χ4n) is 3.50. The molecular formula is C24H24N2O4S. The molecule has 1 amide bonds. The van der Waals surface area contributed by atoms with E-state index in [1.165, 1.54) is 9.71 Å². The van der Waals surface area contributed by atoms with E-state index >= 15 is 0 Å². The standard InChI is InChI=1S/C24H24N2O4S/c27-24(19-30-23-11-10-21-8-4-5-9-22(21)18-23)25-13-15-26(16-14-25)31(28,29)17-12-20-6-2-1-3-7-20/h1-12,17-18H,13-16,19H2. The summed E-state index contributed by atoms with van der Waals surface area (Å²) in [4.78, 5) is 14.2. The minimum atomic E-state index is -3.52. The molecule has 7 heteroatoms. The molecule has 1 heterocycles. The molecule has 31 heavy (non-hydrogen) atoms. The van der Waals surface area contributed by atoms with E-state index < -0.39 is 10.0 Å². The molecule has 0 N–H and O–H groups in total. The van der Waals surface area contributed by atoms with Crippen molar-refractivity contribution < 1.29 is 17.9 Å². The molecule has 0 bridgehead atoms. The number of benzene rings is 3. The van der Waals surface area contributed by atoms with Gasteiger partial charge in [0.15, 0.2) is 6.61 Å². The van der Waals surface area contributed by atoms with Crippen molar-refractivity contribution in [1.29, 1.82) is 0 Å². The van der Waals surface area contributed by atoms with Gasteiger partial charge >= 0.3 is 0 Å². The minimum Gasteiger partial charge on any atom is -0.484 e. The molecule has 3 aromatic carbocycles. The average Bonchev–Trinajstić information content (AvgIpc) is 2.82. The Morgan fingerprint density at radius 2 is 1.55 bits per heavy atom. The van der Waals surface area contributed by atoms with Crippen molar-refractivity contribution in [3.8, 4) is 5.75 Å². The second kappa shape index (κ2) is 9.32. The Morgan fingerprint density at radius 3 is 2.29 bits per heavy atom. The van der Waals surface area contributed by atoms with Gasteiger partial charge in [-0.05, 0) is 34.5 Å². The summed E-state index contributed by atoms with van der Waals surface area (Å²) in [5.41, 5.74) is 0.825. The first-order chi connectivity index (χ1) is 15.0. The van der Waals surface area contributed by atoms with Gasteiger partial charge in [-0.3, -0.25) is 4.79 Å². The third-order valence-electron chi connectivity index (χ3n) is 5.27. The number of amides is 1. The molecule has 0 aliphatic carbocycles. The van der Waals surface area contributed by atoms with Gasteiger partial charge in [-0.25, -0.2) is 8.42 Å². The first-order valence-corrected chi connectivity index (χ1v) is 11.6. The van der Waals surface area contributed by atoms with Crippen LogP contribution in [0.2, 0.25) is 0 Å². The van der Waals surface area contributed by atoms with Crippen LogP contribution >= 0.6 is 0 Å². The van der Waals surface area contributed by atoms with Crippen LogP contribution in [-0.2, 0) is 14.8 Å². The van der Waals surface area contributed by atoms with Crippen molar-refractivity contribution in [2.45, 2.75) is 0 Å². The lowest BCUT2D eigenvalue weighted by Crippen LogP contribution is -2.51. The van der Waals surface area contributed by atoms with Crippen molar-refractivity contribution in [3.05, 3.63) is 83.8 Å². The quantitative estimate of drug-likeness (QED) is 0.594. The molecular weight excluding hydrogens is 412 g/mol. The molecule has 1 aliphatic heterocycles. The maximum atomic E-state index is 12.6. The molecule has 0 aromatic heterocycles. The van der Waals surface area contributed by atoms with Crippen molar-refractivity contribution in [1.82, 2.24) is 9.21 Å². The van der Waals surface area contributed by atoms with Crippen molar-refractivity contribution in [3.63, 3.8) is 0 Å². The van der Waals surface area contributed by atoms with E-state index in [1.807, 2.05) is 72.8 Å². The molecule has 4 rings (SSSR count). The molecule has 6 nitrogen and oxygen atoms in total. The fraction of sp³-hybridized carbons (Fsp3) is 0.208. The first-order valence-electron chi connectivity index (χ1n) is 10.1. The number of fused-ring (bicyclic) bond motifs is 1. The van der Waals surface area contributed by atoms with Gasteiger partial charge in [0.1, 0.15) is 5.75 Å². The van der Waals surface area contributed by atoms with Gasteiger partial charge in [0, 0.05) is 31.6 Å². The summed E-state index contributed by atoms with van der Waals surface area (Å²) in [6.45, 7) is 1.15. The largest absolute Gasteiger partial charge is 0.484 e. The van der Waals surface area contributed by atoms with Crippen molar-refractivity contribution >= 4 is 32.8 Å². The summed E-state index contributed by atoms with van der Waals surface area (Å²) in [6.07, 6.45) is 1.59. The zero-order valence-electron chi connectivity index (χ0n) is 17.1. The second-order valence-electron chi connectivity index (χ2n) is 7.34. The van der Waals surface area contributed by atoms with Crippen LogP contribution in [0.15, 0.2) is 78.2 Å². The highest BCUT2D eigenvalue weighted by Crippen LogP contribution is 2.20. The number of rotatable bonds is 6. The van der Waals surface area contributed by atoms with E-state index in [2.05, 4.69) is 0 Å². The number of carbonyl (C=O) groups excluding carboxylic acids is 1. The van der Waals surface area contributed by atoms with E-state index in [-0.39, 0.29) is 25.6 Å². The maximum Gasteiger partial charge on any atom is 0.260 e. The number of hydrogen-bond acceptors (Lipinski definition) is 4. The van der Waals surface area contributed by atoms with Gasteiger partial charge in [0.05, 0.1) is 0 Å². The molecule has 1 fully saturated rings. The lowest BCUT2D eigenvalue weighted by atomic mass is 10.1. The molecule has 0 atom stereocenters. The molecule has 0 saturated carbocycles. The molecule has 1 saturated heterocycles. The van der Waals surface area contributed by atoms with E-state index in [0.717, 1.165) is 16.3 Å². The molecule has 3 aromatic rings. The normalized spacial score (nSPS) is 15.4. The van der Waals surface area contributed by atoms with Crippen LogP contribution in [0.25, 0.3) is 16.8 Å². The number of carbonyl (C=O) groups is 1. The second-order valence-corrected chi connectivity index (χ2v) is 9.15. The summed E-state index contributed by atoms with van der Waals surface area (Å²) in [5, 5.41) is 3.39. The lowest BCUT2D eigenvalue weighted by molar-refractivity contribution is -0.134. The smallest absolute Gasteiger partial charge is 0.260 e. The molecule has 0 spiro atoms. The first kappa shape index (κ1) is 21.1. The topological polar surface area (TPSA) is 66.9 Å². The third kappa shape index (κ3) is 5.31. The Morgan fingerprint density at radius 1 is 0.871 bits per heavy atom. The van der Waals surface area contributed by atoms with Gasteiger partial charge in [0.25, 0.3) is 5.91 Å². The van der Waals surface area contributed by atoms with Crippen LogP contribution < -0.4 is 4.74 Å². The Hall–Kier alpha value is -3.16. The van der Waals surface area contributed by atoms with Crippen LogP contribution in [-0.4, -0.2) is 56.3 Å². The summed E-state index contributed by atoms with van der Waals surface area (Å²) < 4.78 is 32.2. The van der Waals surface area contributed by atoms with Crippen molar-refractivity contribution in [2.75, 3.05) is 32.8 Å². The highest BCUT2D eigenvalue weighted by Gasteiger charge is 2.27. The molecule has 0 radical (unpaired) electrons. The van der Waals surface area contributed by atoms with Gasteiger partial charge < -0.3 is 9.64 Å². The number of nitrogens with zero attached hydrogens (tertiary/aromatic N) is 2. The van der Waals surface area contributed by atoms with Crippen LogP contribution in [0.1, 0.15) is 5.56 Å². The van der Waals surface area contributed by atoms with E-state index in [1.54, 1.807) is 11.0 Å². The van der Waals surface area contributed by atoms with E-state index in [0.29, 0.717) is 18.8 Å². The zero-order chi connectivity index (χ0) is 21.7. The van der Waals surface area contributed by atoms with Crippen LogP contribution in [0, 0.1) is 0 Å². The van der Waals surface area contributed by atoms with Gasteiger partial charge in [-0.2, -0.15) is 4.31 Å². The van der Waals surface area contributed by atoms with E-state index in [9.17, 15) is 13.2 Å². The molecule has 1 aliphatic rings. The monoisotopic (exact) mass is 436 g/mol. The van der Waals surface area contributed by atoms with Crippen molar-refractivity contribution in [2.24, 2.45) is 0 Å². The number of hydrogen-bond donors (Lipinski definition) is 0. The zero-order valence-corrected chi connectivity index (χ0v) is 17.9. The molecule has 160 valence electrons. The number of ether oxygens (including phenoxy) is 1. The summed E-state index contributed by atoms with van der Waals surface area (Å²) >= 11 is 0. The fourth-order valence-corrected chi connectivity index (χ4v) is 4.67.